The molecule has 2 heteroatoms. The molecule has 0 saturated heterocycles. The number of hydrogen-bond acceptors (Lipinski definition) is 2. The number of hydrogen-bond donors (Lipinski definition) is 0. The van der Waals surface area contributed by atoms with E-state index in [0.29, 0.717) is 22.5 Å². The Morgan fingerprint density at radius 3 is 2.11 bits per heavy atom. The zero-order valence-corrected chi connectivity index (χ0v) is 24.6. The number of nitrogens with zero attached hydrogens (tertiary/aromatic N) is 1. The first-order valence-corrected chi connectivity index (χ1v) is 14.9. The summed E-state index contributed by atoms with van der Waals surface area (Å²) in [6, 6.07) is 29.4. The summed E-state index contributed by atoms with van der Waals surface area (Å²) < 4.78 is 87.2. The lowest BCUT2D eigenvalue weighted by Crippen LogP contribution is -2.16. The minimum atomic E-state index is -1.11. The molecule has 0 atom stereocenters. The van der Waals surface area contributed by atoms with Crippen molar-refractivity contribution in [2.45, 2.75) is 19.3 Å². The number of furan rings is 1. The van der Waals surface area contributed by atoms with Gasteiger partial charge in [-0.05, 0) is 105 Å². The highest BCUT2D eigenvalue weighted by Crippen LogP contribution is 2.52. The van der Waals surface area contributed by atoms with Crippen molar-refractivity contribution in [2.75, 3.05) is 4.90 Å². The molecule has 8 aromatic rings. The Labute approximate surface area is 275 Å². The summed E-state index contributed by atoms with van der Waals surface area (Å²) in [4.78, 5) is 1.81. The Balaban J connectivity index is 1.27. The van der Waals surface area contributed by atoms with Crippen molar-refractivity contribution in [1.82, 2.24) is 0 Å². The van der Waals surface area contributed by atoms with Crippen LogP contribution in [0.4, 0.5) is 17.1 Å². The average molecular weight is 587 g/mol. The first-order valence-electron chi connectivity index (χ1n) is 19.4. The third-order valence-corrected chi connectivity index (χ3v) is 8.82. The summed E-state index contributed by atoms with van der Waals surface area (Å²) in [7, 11) is 0. The third-order valence-electron chi connectivity index (χ3n) is 8.82. The van der Waals surface area contributed by atoms with E-state index in [9.17, 15) is 6.85 Å². The molecule has 45 heavy (non-hydrogen) atoms. The van der Waals surface area contributed by atoms with E-state index in [1.165, 1.54) is 0 Å². The van der Waals surface area contributed by atoms with E-state index in [4.69, 9.17) is 9.90 Å². The SMILES string of the molecule is [2H]c1c([2H])c(N(c2ccccc2)c2ccc(-c3ccc4ccccc4c3)cc2)c([2H])c2c1-c1c(c([2H])c3c(oc4c([2H])c([2H])c([2H])c([2H])c43)c1[2H])C2(C)C. The number of fused-ring (bicyclic) bond motifs is 7. The van der Waals surface area contributed by atoms with Gasteiger partial charge in [0.2, 0.25) is 0 Å². The second-order valence-electron chi connectivity index (χ2n) is 11.9. The highest BCUT2D eigenvalue weighted by molar-refractivity contribution is 6.07. The molecule has 1 aromatic heterocycles. The van der Waals surface area contributed by atoms with E-state index < -0.39 is 23.5 Å². The quantitative estimate of drug-likeness (QED) is 0.204. The van der Waals surface area contributed by atoms with Gasteiger partial charge in [-0.2, -0.15) is 0 Å². The Hall–Kier alpha value is -5.60. The van der Waals surface area contributed by atoms with Crippen molar-refractivity contribution in [2.24, 2.45) is 0 Å². The number of anilines is 3. The van der Waals surface area contributed by atoms with Gasteiger partial charge < -0.3 is 9.32 Å². The zero-order valence-electron chi connectivity index (χ0n) is 33.6. The van der Waals surface area contributed by atoms with Crippen molar-refractivity contribution in [1.29, 1.82) is 0 Å². The van der Waals surface area contributed by atoms with Crippen LogP contribution in [0.15, 0.2) is 156 Å². The molecular weight excluding hydrogens is 546 g/mol. The first-order chi connectivity index (χ1) is 25.8. The lowest BCUT2D eigenvalue weighted by molar-refractivity contribution is 0.658. The summed E-state index contributed by atoms with van der Waals surface area (Å²) in [6.07, 6.45) is 0. The molecule has 1 aliphatic carbocycles. The van der Waals surface area contributed by atoms with E-state index in [0.717, 1.165) is 21.9 Å². The van der Waals surface area contributed by atoms with Crippen LogP contribution in [0, 0.1) is 0 Å². The molecule has 7 aromatic carbocycles. The first kappa shape index (κ1) is 18.3. The molecule has 0 amide bonds. The molecule has 1 aliphatic rings. The monoisotopic (exact) mass is 586 g/mol. The molecule has 2 nitrogen and oxygen atoms in total. The predicted octanol–water partition coefficient (Wildman–Crippen LogP) is 12.2. The highest BCUT2D eigenvalue weighted by Gasteiger charge is 2.37. The zero-order chi connectivity index (χ0) is 38.0. The maximum atomic E-state index is 9.82. The second kappa shape index (κ2) is 9.70. The van der Waals surface area contributed by atoms with Crippen LogP contribution in [0.3, 0.4) is 0 Å². The van der Waals surface area contributed by atoms with Crippen LogP contribution in [0.25, 0.3) is 55.0 Å². The molecule has 0 aliphatic heterocycles. The average Bonchev–Trinajstić information content (AvgIpc) is 3.71. The van der Waals surface area contributed by atoms with Crippen molar-refractivity contribution in [3.05, 3.63) is 163 Å². The van der Waals surface area contributed by atoms with Gasteiger partial charge in [0.25, 0.3) is 0 Å². The van der Waals surface area contributed by atoms with Gasteiger partial charge in [-0.1, -0.05) is 105 Å². The summed E-state index contributed by atoms with van der Waals surface area (Å²) in [5.41, 5.74) is 3.38. The van der Waals surface area contributed by atoms with E-state index in [2.05, 4.69) is 30.3 Å². The van der Waals surface area contributed by atoms with Crippen LogP contribution in [0.5, 0.6) is 0 Å². The van der Waals surface area contributed by atoms with Gasteiger partial charge in [-0.3, -0.25) is 0 Å². The fraction of sp³-hybridized carbons (Fsp3) is 0.0698. The molecule has 0 spiro atoms. The number of para-hydroxylation sites is 2. The van der Waals surface area contributed by atoms with Crippen LogP contribution < -0.4 is 4.90 Å². The lowest BCUT2D eigenvalue weighted by atomic mass is 9.82. The molecule has 0 saturated carbocycles. The minimum absolute atomic E-state index is 0.0168. The van der Waals surface area contributed by atoms with Gasteiger partial charge in [0.05, 0.1) is 12.3 Å². The fourth-order valence-corrected chi connectivity index (χ4v) is 6.49. The highest BCUT2D eigenvalue weighted by atomic mass is 16.3. The van der Waals surface area contributed by atoms with Crippen molar-refractivity contribution < 1.29 is 16.8 Å². The second-order valence-corrected chi connectivity index (χ2v) is 11.9. The van der Waals surface area contributed by atoms with Gasteiger partial charge >= 0.3 is 0 Å². The van der Waals surface area contributed by atoms with Gasteiger partial charge in [0, 0.05) is 33.2 Å². The van der Waals surface area contributed by atoms with Crippen LogP contribution >= 0.6 is 0 Å². The summed E-state index contributed by atoms with van der Waals surface area (Å²) in [5, 5.41) is 2.38. The molecule has 9 rings (SSSR count). The Morgan fingerprint density at radius 2 is 1.27 bits per heavy atom. The van der Waals surface area contributed by atoms with E-state index >= 15 is 0 Å². The molecule has 0 fully saturated rings. The van der Waals surface area contributed by atoms with Crippen LogP contribution in [-0.4, -0.2) is 0 Å². The minimum Gasteiger partial charge on any atom is -0.456 e. The van der Waals surface area contributed by atoms with Crippen LogP contribution in [0.1, 0.15) is 37.3 Å². The van der Waals surface area contributed by atoms with Gasteiger partial charge in [0.15, 0.2) is 0 Å². The van der Waals surface area contributed by atoms with Crippen molar-refractivity contribution in [3.63, 3.8) is 0 Å². The topological polar surface area (TPSA) is 16.4 Å². The van der Waals surface area contributed by atoms with Crippen LogP contribution in [-0.2, 0) is 5.41 Å². The molecule has 0 N–H and O–H groups in total. The maximum absolute atomic E-state index is 9.82. The molecule has 0 unspecified atom stereocenters. The van der Waals surface area contributed by atoms with Gasteiger partial charge in [-0.25, -0.2) is 0 Å². The molecule has 1 heterocycles. The van der Waals surface area contributed by atoms with E-state index in [1.54, 1.807) is 0 Å². The largest absolute Gasteiger partial charge is 0.456 e. The van der Waals surface area contributed by atoms with Crippen molar-refractivity contribution in [3.8, 4) is 22.3 Å². The maximum Gasteiger partial charge on any atom is 0.136 e. The lowest BCUT2D eigenvalue weighted by Gasteiger charge is -2.28. The van der Waals surface area contributed by atoms with E-state index in [1.807, 2.05) is 85.5 Å². The van der Waals surface area contributed by atoms with Crippen LogP contribution in [0.2, 0.25) is 0 Å². The third kappa shape index (κ3) is 4.03. The smallest absolute Gasteiger partial charge is 0.136 e. The van der Waals surface area contributed by atoms with E-state index in [-0.39, 0.29) is 75.0 Å². The molecule has 0 radical (unpaired) electrons. The number of benzene rings is 7. The molecule has 0 bridgehead atoms. The fourth-order valence-electron chi connectivity index (χ4n) is 6.49. The number of rotatable bonds is 4. The Kier molecular flexibility index (Phi) is 3.94. The Bertz CT molecular complexity index is 2900. The Morgan fingerprint density at radius 1 is 0.556 bits per heavy atom. The normalized spacial score (nSPS) is 16.1. The summed E-state index contributed by atoms with van der Waals surface area (Å²) >= 11 is 0. The summed E-state index contributed by atoms with van der Waals surface area (Å²) in [6.45, 7) is 3.66. The molecule has 214 valence electrons. The standard InChI is InChI=1S/C43H31NO/c1-43(2)39-25-34(22-23-35(39)37-27-42-38(26-40(37)43)36-14-8-9-15-41(36)45-42)44(32-12-4-3-5-13-32)33-20-18-29(19-21-33)31-17-16-28-10-6-7-11-30(28)24-31/h3-27H,1-2H3/i8D,9D,14D,15D,22D,23D,25D,26D,27D. The molecular formula is C43H31NO. The van der Waals surface area contributed by atoms with Gasteiger partial charge in [0.1, 0.15) is 11.2 Å². The van der Waals surface area contributed by atoms with Crippen molar-refractivity contribution >= 4 is 49.8 Å². The summed E-state index contributed by atoms with van der Waals surface area (Å²) in [5.74, 6) is 0. The predicted molar refractivity (Wildman–Crippen MR) is 189 cm³/mol. The van der Waals surface area contributed by atoms with Gasteiger partial charge in [-0.15, -0.1) is 0 Å².